The fraction of sp³-hybridized carbons (Fsp3) is 0.571. The molecule has 1 fully saturated rings. The number of methoxy groups -OCH3 is 2. The van der Waals surface area contributed by atoms with Crippen molar-refractivity contribution in [2.45, 2.75) is 32.2 Å². The van der Waals surface area contributed by atoms with Gasteiger partial charge in [-0.05, 0) is 44.9 Å². The molecule has 0 radical (unpaired) electrons. The van der Waals surface area contributed by atoms with Crippen LogP contribution >= 0.6 is 0 Å². The van der Waals surface area contributed by atoms with Gasteiger partial charge in [0.15, 0.2) is 17.3 Å². The van der Waals surface area contributed by atoms with Gasteiger partial charge in [-0.1, -0.05) is 0 Å². The minimum absolute atomic E-state index is 0.176. The quantitative estimate of drug-likeness (QED) is 0.898. The number of nitrogens with one attached hydrogen (secondary N) is 1. The zero-order valence-corrected chi connectivity index (χ0v) is 11.4. The van der Waals surface area contributed by atoms with Crippen LogP contribution in [0.25, 0.3) is 0 Å². The average molecular weight is 253 g/mol. The summed E-state index contributed by atoms with van der Waals surface area (Å²) in [7, 11) is 2.99. The van der Waals surface area contributed by atoms with Crippen molar-refractivity contribution in [3.05, 3.63) is 23.0 Å². The Hall–Kier alpha value is -1.29. The van der Waals surface area contributed by atoms with Crippen LogP contribution < -0.4 is 14.8 Å². The van der Waals surface area contributed by atoms with E-state index in [4.69, 9.17) is 9.47 Å². The molecule has 0 bridgehead atoms. The Balaban J connectivity index is 2.59. The highest BCUT2D eigenvalue weighted by Gasteiger charge is 2.34. The molecule has 3 nitrogen and oxygen atoms in total. The third-order valence-electron chi connectivity index (χ3n) is 3.81. The van der Waals surface area contributed by atoms with Crippen molar-refractivity contribution >= 4 is 0 Å². The largest absolute Gasteiger partial charge is 0.492 e. The van der Waals surface area contributed by atoms with E-state index in [0.717, 1.165) is 30.5 Å². The van der Waals surface area contributed by atoms with Gasteiger partial charge in [0.1, 0.15) is 0 Å². The summed E-state index contributed by atoms with van der Waals surface area (Å²) in [6.07, 6.45) is 2.11. The van der Waals surface area contributed by atoms with Crippen LogP contribution in [0.2, 0.25) is 0 Å². The van der Waals surface area contributed by atoms with Gasteiger partial charge in [-0.15, -0.1) is 0 Å². The lowest BCUT2D eigenvalue weighted by Crippen LogP contribution is -2.34. The lowest BCUT2D eigenvalue weighted by molar-refractivity contribution is 0.330. The van der Waals surface area contributed by atoms with E-state index in [1.165, 1.54) is 7.11 Å². The normalized spacial score (nSPS) is 23.2. The topological polar surface area (TPSA) is 30.5 Å². The van der Waals surface area contributed by atoms with Crippen LogP contribution in [-0.4, -0.2) is 20.8 Å². The van der Waals surface area contributed by atoms with Crippen molar-refractivity contribution in [3.8, 4) is 11.5 Å². The van der Waals surface area contributed by atoms with Crippen molar-refractivity contribution in [2.75, 3.05) is 20.8 Å². The predicted octanol–water partition coefficient (Wildman–Crippen LogP) is 2.75. The maximum atomic E-state index is 14.1. The van der Waals surface area contributed by atoms with Crippen LogP contribution in [-0.2, 0) is 5.54 Å². The molecule has 0 saturated carbocycles. The number of ether oxygens (including phenoxy) is 2. The van der Waals surface area contributed by atoms with E-state index >= 15 is 0 Å². The van der Waals surface area contributed by atoms with Gasteiger partial charge in [-0.3, -0.25) is 0 Å². The fourth-order valence-electron chi connectivity index (χ4n) is 2.84. The molecular formula is C14H20FNO2. The highest BCUT2D eigenvalue weighted by Crippen LogP contribution is 2.41. The highest BCUT2D eigenvalue weighted by molar-refractivity contribution is 5.53. The molecule has 1 saturated heterocycles. The van der Waals surface area contributed by atoms with Crippen LogP contribution in [0, 0.1) is 12.7 Å². The maximum Gasteiger partial charge on any atom is 0.197 e. The van der Waals surface area contributed by atoms with Crippen LogP contribution in [0.4, 0.5) is 4.39 Å². The van der Waals surface area contributed by atoms with Gasteiger partial charge in [0.25, 0.3) is 0 Å². The molecule has 2 rings (SSSR count). The monoisotopic (exact) mass is 253 g/mol. The van der Waals surface area contributed by atoms with Gasteiger partial charge in [0.05, 0.1) is 14.2 Å². The minimum Gasteiger partial charge on any atom is -0.492 e. The molecule has 0 amide bonds. The van der Waals surface area contributed by atoms with Crippen molar-refractivity contribution in [3.63, 3.8) is 0 Å². The first-order valence-electron chi connectivity index (χ1n) is 6.20. The zero-order chi connectivity index (χ0) is 13.3. The summed E-state index contributed by atoms with van der Waals surface area (Å²) in [5.74, 6) is 0.299. The van der Waals surface area contributed by atoms with Crippen molar-refractivity contribution in [1.29, 1.82) is 0 Å². The van der Waals surface area contributed by atoms with Gasteiger partial charge >= 0.3 is 0 Å². The van der Waals surface area contributed by atoms with Crippen LogP contribution in [0.1, 0.15) is 30.9 Å². The van der Waals surface area contributed by atoms with E-state index in [1.807, 2.05) is 6.92 Å². The Morgan fingerprint density at radius 1 is 1.28 bits per heavy atom. The zero-order valence-electron chi connectivity index (χ0n) is 11.4. The van der Waals surface area contributed by atoms with Gasteiger partial charge in [0.2, 0.25) is 0 Å². The Labute approximate surface area is 107 Å². The molecular weight excluding hydrogens is 233 g/mol. The molecule has 1 N–H and O–H groups in total. The lowest BCUT2D eigenvalue weighted by atomic mass is 9.86. The van der Waals surface area contributed by atoms with Crippen LogP contribution in [0.3, 0.4) is 0 Å². The summed E-state index contributed by atoms with van der Waals surface area (Å²) in [6, 6.07) is 1.56. The Morgan fingerprint density at radius 3 is 2.44 bits per heavy atom. The molecule has 100 valence electrons. The van der Waals surface area contributed by atoms with Gasteiger partial charge in [-0.2, -0.15) is 0 Å². The summed E-state index contributed by atoms with van der Waals surface area (Å²) < 4.78 is 24.4. The number of benzene rings is 1. The van der Waals surface area contributed by atoms with Crippen molar-refractivity contribution in [1.82, 2.24) is 5.32 Å². The number of hydrogen-bond donors (Lipinski definition) is 1. The van der Waals surface area contributed by atoms with E-state index in [-0.39, 0.29) is 17.1 Å². The first-order valence-corrected chi connectivity index (χ1v) is 6.20. The van der Waals surface area contributed by atoms with Crippen molar-refractivity contribution < 1.29 is 13.9 Å². The fourth-order valence-corrected chi connectivity index (χ4v) is 2.84. The summed E-state index contributed by atoms with van der Waals surface area (Å²) in [5, 5.41) is 3.44. The first kappa shape index (κ1) is 13.1. The Kier molecular flexibility index (Phi) is 3.48. The average Bonchev–Trinajstić information content (AvgIpc) is 2.79. The van der Waals surface area contributed by atoms with Crippen molar-refractivity contribution in [2.24, 2.45) is 0 Å². The molecule has 1 aliphatic heterocycles. The van der Waals surface area contributed by atoms with Gasteiger partial charge < -0.3 is 14.8 Å². The Bertz CT molecular complexity index is 454. The molecule has 1 heterocycles. The van der Waals surface area contributed by atoms with E-state index in [0.29, 0.717) is 5.75 Å². The molecule has 18 heavy (non-hydrogen) atoms. The third kappa shape index (κ3) is 1.94. The second-order valence-corrected chi connectivity index (χ2v) is 4.96. The summed E-state index contributed by atoms with van der Waals surface area (Å²) in [4.78, 5) is 0. The second-order valence-electron chi connectivity index (χ2n) is 4.96. The molecule has 4 heteroatoms. The molecule has 1 aromatic rings. The summed E-state index contributed by atoms with van der Waals surface area (Å²) >= 11 is 0. The van der Waals surface area contributed by atoms with Gasteiger partial charge in [0, 0.05) is 11.1 Å². The molecule has 0 aliphatic carbocycles. The minimum atomic E-state index is -0.370. The highest BCUT2D eigenvalue weighted by atomic mass is 19.1. The van der Waals surface area contributed by atoms with E-state index in [1.54, 1.807) is 13.2 Å². The molecule has 0 spiro atoms. The molecule has 1 atom stereocenters. The third-order valence-corrected chi connectivity index (χ3v) is 3.81. The van der Waals surface area contributed by atoms with E-state index in [9.17, 15) is 4.39 Å². The molecule has 1 unspecified atom stereocenters. The molecule has 0 aromatic heterocycles. The number of rotatable bonds is 3. The number of halogens is 1. The lowest BCUT2D eigenvalue weighted by Gasteiger charge is -2.28. The SMILES string of the molecule is COc1c(F)cc(C2(C)CCCN2)c(C)c1OC. The first-order chi connectivity index (χ1) is 8.53. The molecule has 1 aliphatic rings. The van der Waals surface area contributed by atoms with E-state index < -0.39 is 0 Å². The predicted molar refractivity (Wildman–Crippen MR) is 68.8 cm³/mol. The summed E-state index contributed by atoms with van der Waals surface area (Å²) in [6.45, 7) is 5.01. The number of hydrogen-bond acceptors (Lipinski definition) is 3. The van der Waals surface area contributed by atoms with Gasteiger partial charge in [-0.25, -0.2) is 4.39 Å². The smallest absolute Gasteiger partial charge is 0.197 e. The van der Waals surface area contributed by atoms with Crippen LogP contribution in [0.5, 0.6) is 11.5 Å². The standard InChI is InChI=1S/C14H20FNO2/c1-9-10(14(2)6-5-7-16-14)8-11(15)13(18-4)12(9)17-3/h8,16H,5-7H2,1-4H3. The second kappa shape index (κ2) is 4.76. The van der Waals surface area contributed by atoms with E-state index in [2.05, 4.69) is 12.2 Å². The summed E-state index contributed by atoms with van der Waals surface area (Å²) in [5.41, 5.74) is 1.72. The maximum absolute atomic E-state index is 14.1. The Morgan fingerprint density at radius 2 is 1.94 bits per heavy atom. The molecule has 1 aromatic carbocycles. The van der Waals surface area contributed by atoms with Crippen LogP contribution in [0.15, 0.2) is 6.07 Å².